The SMILES string of the molecule is CCCCCCCn1c(C)nc2sc3c(c2c1=O)C(C(=O)O)CCC3. The number of thiophene rings is 1. The molecule has 0 spiro atoms. The summed E-state index contributed by atoms with van der Waals surface area (Å²) in [6, 6.07) is 0. The van der Waals surface area contributed by atoms with Crippen molar-refractivity contribution in [3.05, 3.63) is 26.6 Å². The van der Waals surface area contributed by atoms with Gasteiger partial charge in [0.1, 0.15) is 10.7 Å². The number of nitrogens with zero attached hydrogens (tertiary/aromatic N) is 2. The molecule has 0 saturated heterocycles. The minimum Gasteiger partial charge on any atom is -0.481 e. The second kappa shape index (κ2) is 7.68. The van der Waals surface area contributed by atoms with E-state index in [-0.39, 0.29) is 5.56 Å². The number of unbranched alkanes of at least 4 members (excludes halogenated alkanes) is 4. The molecule has 25 heavy (non-hydrogen) atoms. The summed E-state index contributed by atoms with van der Waals surface area (Å²) in [5.74, 6) is -0.655. The van der Waals surface area contributed by atoms with Crippen molar-refractivity contribution in [3.8, 4) is 0 Å². The van der Waals surface area contributed by atoms with Crippen LogP contribution in [0.15, 0.2) is 4.79 Å². The molecule has 0 amide bonds. The van der Waals surface area contributed by atoms with Gasteiger partial charge in [0.15, 0.2) is 0 Å². The monoisotopic (exact) mass is 362 g/mol. The summed E-state index contributed by atoms with van der Waals surface area (Å²) in [5.41, 5.74) is 0.694. The second-order valence-electron chi connectivity index (χ2n) is 6.93. The standard InChI is InChI=1S/C19H26N2O3S/c1-3-4-5-6-7-11-21-12(2)20-17-16(18(21)22)15-13(19(23)24)9-8-10-14(15)25-17/h13H,3-11H2,1-2H3,(H,23,24). The fourth-order valence-corrected chi connectivity index (χ4v) is 5.11. The Balaban J connectivity index is 1.99. The van der Waals surface area contributed by atoms with Crippen LogP contribution in [0.25, 0.3) is 10.2 Å². The maximum Gasteiger partial charge on any atom is 0.311 e. The zero-order valence-corrected chi connectivity index (χ0v) is 15.8. The predicted octanol–water partition coefficient (Wildman–Crippen LogP) is 4.24. The molecular weight excluding hydrogens is 336 g/mol. The molecular formula is C19H26N2O3S. The molecule has 0 aromatic carbocycles. The Morgan fingerprint density at radius 3 is 2.80 bits per heavy atom. The molecule has 1 aliphatic carbocycles. The lowest BCUT2D eigenvalue weighted by Crippen LogP contribution is -2.26. The summed E-state index contributed by atoms with van der Waals surface area (Å²) in [5, 5.41) is 10.1. The summed E-state index contributed by atoms with van der Waals surface area (Å²) in [4.78, 5) is 31.2. The Labute approximate surface area is 151 Å². The molecule has 0 saturated carbocycles. The molecule has 2 aromatic rings. The lowest BCUT2D eigenvalue weighted by Gasteiger charge is -2.19. The maximum atomic E-state index is 13.1. The van der Waals surface area contributed by atoms with Crippen molar-refractivity contribution in [2.24, 2.45) is 0 Å². The van der Waals surface area contributed by atoms with Crippen molar-refractivity contribution in [2.45, 2.75) is 77.7 Å². The van der Waals surface area contributed by atoms with Gasteiger partial charge in [-0.25, -0.2) is 4.98 Å². The Hall–Kier alpha value is -1.69. The van der Waals surface area contributed by atoms with Crippen LogP contribution in [-0.2, 0) is 17.8 Å². The zero-order valence-electron chi connectivity index (χ0n) is 15.0. The van der Waals surface area contributed by atoms with E-state index >= 15 is 0 Å². The van der Waals surface area contributed by atoms with E-state index < -0.39 is 11.9 Å². The second-order valence-corrected chi connectivity index (χ2v) is 8.02. The first-order valence-electron chi connectivity index (χ1n) is 9.30. The molecule has 0 aliphatic heterocycles. The Morgan fingerprint density at radius 1 is 1.32 bits per heavy atom. The third-order valence-electron chi connectivity index (χ3n) is 5.14. The molecule has 5 nitrogen and oxygen atoms in total. The average Bonchev–Trinajstić information content (AvgIpc) is 2.95. The molecule has 0 fully saturated rings. The van der Waals surface area contributed by atoms with E-state index in [1.165, 1.54) is 30.6 Å². The van der Waals surface area contributed by atoms with Crippen molar-refractivity contribution in [2.75, 3.05) is 0 Å². The van der Waals surface area contributed by atoms with Gasteiger partial charge in [-0.15, -0.1) is 11.3 Å². The quantitative estimate of drug-likeness (QED) is 0.748. The third-order valence-corrected chi connectivity index (χ3v) is 6.30. The molecule has 2 aromatic heterocycles. The van der Waals surface area contributed by atoms with Gasteiger partial charge in [0, 0.05) is 11.4 Å². The van der Waals surface area contributed by atoms with Crippen LogP contribution in [0.5, 0.6) is 0 Å². The summed E-state index contributed by atoms with van der Waals surface area (Å²) in [6.45, 7) is 4.73. The van der Waals surface area contributed by atoms with Gasteiger partial charge in [0.2, 0.25) is 0 Å². The first-order chi connectivity index (χ1) is 12.0. The maximum absolute atomic E-state index is 13.1. The topological polar surface area (TPSA) is 72.2 Å². The summed E-state index contributed by atoms with van der Waals surface area (Å²) >= 11 is 1.51. The van der Waals surface area contributed by atoms with Crippen LogP contribution in [-0.4, -0.2) is 20.6 Å². The van der Waals surface area contributed by atoms with Crippen LogP contribution >= 0.6 is 11.3 Å². The highest BCUT2D eigenvalue weighted by Crippen LogP contribution is 2.40. The van der Waals surface area contributed by atoms with Crippen molar-refractivity contribution in [1.29, 1.82) is 0 Å². The molecule has 6 heteroatoms. The third kappa shape index (κ3) is 3.50. The van der Waals surface area contributed by atoms with Crippen LogP contribution in [0.3, 0.4) is 0 Å². The summed E-state index contributed by atoms with van der Waals surface area (Å²) < 4.78 is 1.74. The first kappa shape index (κ1) is 18.1. The Morgan fingerprint density at radius 2 is 2.08 bits per heavy atom. The molecule has 136 valence electrons. The number of hydrogen-bond acceptors (Lipinski definition) is 4. The van der Waals surface area contributed by atoms with E-state index in [0.29, 0.717) is 23.2 Å². The molecule has 2 heterocycles. The lowest BCUT2D eigenvalue weighted by molar-refractivity contribution is -0.139. The number of fused-ring (bicyclic) bond motifs is 3. The molecule has 0 bridgehead atoms. The van der Waals surface area contributed by atoms with Gasteiger partial charge in [-0.2, -0.15) is 0 Å². The molecule has 0 radical (unpaired) electrons. The van der Waals surface area contributed by atoms with Gasteiger partial charge in [-0.05, 0) is 38.2 Å². The number of rotatable bonds is 7. The predicted molar refractivity (Wildman–Crippen MR) is 101 cm³/mol. The molecule has 3 rings (SSSR count). The van der Waals surface area contributed by atoms with Gasteiger partial charge >= 0.3 is 5.97 Å². The highest BCUT2D eigenvalue weighted by atomic mass is 32.1. The van der Waals surface area contributed by atoms with Gasteiger partial charge in [-0.3, -0.25) is 14.2 Å². The van der Waals surface area contributed by atoms with Crippen molar-refractivity contribution in [3.63, 3.8) is 0 Å². The fraction of sp³-hybridized carbons (Fsp3) is 0.632. The highest BCUT2D eigenvalue weighted by molar-refractivity contribution is 7.18. The van der Waals surface area contributed by atoms with Crippen LogP contribution in [0.1, 0.15) is 74.1 Å². The van der Waals surface area contributed by atoms with E-state index in [4.69, 9.17) is 0 Å². The molecule has 1 aliphatic rings. The summed E-state index contributed by atoms with van der Waals surface area (Å²) in [7, 11) is 0. The van der Waals surface area contributed by atoms with Crippen LogP contribution in [0.4, 0.5) is 0 Å². The zero-order chi connectivity index (χ0) is 18.0. The van der Waals surface area contributed by atoms with Crippen LogP contribution in [0.2, 0.25) is 0 Å². The number of aryl methyl sites for hydroxylation is 2. The number of aliphatic carboxylic acids is 1. The van der Waals surface area contributed by atoms with Gasteiger partial charge in [0.25, 0.3) is 5.56 Å². The summed E-state index contributed by atoms with van der Waals surface area (Å²) in [6.07, 6.45) is 8.01. The van der Waals surface area contributed by atoms with Crippen molar-refractivity contribution < 1.29 is 9.90 Å². The smallest absolute Gasteiger partial charge is 0.311 e. The fourth-order valence-electron chi connectivity index (χ4n) is 3.80. The van der Waals surface area contributed by atoms with E-state index in [1.807, 2.05) is 6.92 Å². The van der Waals surface area contributed by atoms with Crippen LogP contribution in [0, 0.1) is 6.92 Å². The minimum absolute atomic E-state index is 0.0522. The largest absolute Gasteiger partial charge is 0.481 e. The Bertz CT molecular complexity index is 837. The van der Waals surface area contributed by atoms with E-state index in [0.717, 1.165) is 41.9 Å². The first-order valence-corrected chi connectivity index (χ1v) is 10.1. The highest BCUT2D eigenvalue weighted by Gasteiger charge is 2.32. The van der Waals surface area contributed by atoms with Gasteiger partial charge < -0.3 is 5.11 Å². The molecule has 1 atom stereocenters. The normalized spacial score (nSPS) is 17.0. The lowest BCUT2D eigenvalue weighted by atomic mass is 9.86. The number of carboxylic acids is 1. The van der Waals surface area contributed by atoms with E-state index in [1.54, 1.807) is 4.57 Å². The minimum atomic E-state index is -0.827. The Kier molecular flexibility index (Phi) is 5.57. The van der Waals surface area contributed by atoms with Crippen LogP contribution < -0.4 is 5.56 Å². The number of carboxylic acid groups (broad SMARTS) is 1. The van der Waals surface area contributed by atoms with E-state index in [9.17, 15) is 14.7 Å². The van der Waals surface area contributed by atoms with Gasteiger partial charge in [-0.1, -0.05) is 32.6 Å². The number of aromatic nitrogens is 2. The number of hydrogen-bond donors (Lipinski definition) is 1. The van der Waals surface area contributed by atoms with E-state index in [2.05, 4.69) is 11.9 Å². The molecule has 1 N–H and O–H groups in total. The van der Waals surface area contributed by atoms with Crippen molar-refractivity contribution in [1.82, 2.24) is 9.55 Å². The number of carbonyl (C=O) groups is 1. The average molecular weight is 362 g/mol. The molecule has 1 unspecified atom stereocenters. The van der Waals surface area contributed by atoms with Crippen molar-refractivity contribution >= 4 is 27.5 Å². The van der Waals surface area contributed by atoms with Gasteiger partial charge in [0.05, 0.1) is 11.3 Å².